The molecular formula is C20H29N5. The lowest BCUT2D eigenvalue weighted by molar-refractivity contribution is 0.245. The third-order valence-corrected chi connectivity index (χ3v) is 5.93. The van der Waals surface area contributed by atoms with E-state index in [1.807, 2.05) is 18.6 Å². The molecule has 5 nitrogen and oxygen atoms in total. The fourth-order valence-corrected chi connectivity index (χ4v) is 4.49. The minimum atomic E-state index is 0.555. The van der Waals surface area contributed by atoms with Crippen molar-refractivity contribution in [3.63, 3.8) is 0 Å². The molecule has 5 heteroatoms. The smallest absolute Gasteiger partial charge is 0.143 e. The van der Waals surface area contributed by atoms with Crippen molar-refractivity contribution in [2.24, 2.45) is 0 Å². The fourth-order valence-electron chi connectivity index (χ4n) is 4.49. The van der Waals surface area contributed by atoms with E-state index in [1.54, 1.807) is 0 Å². The second-order valence-electron chi connectivity index (χ2n) is 7.49. The number of aromatic nitrogens is 4. The molecule has 2 fully saturated rings. The van der Waals surface area contributed by atoms with Crippen molar-refractivity contribution in [2.75, 3.05) is 13.1 Å². The summed E-state index contributed by atoms with van der Waals surface area (Å²) in [5, 5.41) is 0. The number of hydrogen-bond donors (Lipinski definition) is 0. The third kappa shape index (κ3) is 3.61. The van der Waals surface area contributed by atoms with Crippen LogP contribution in [0.1, 0.15) is 63.6 Å². The molecule has 3 heterocycles. The van der Waals surface area contributed by atoms with Crippen LogP contribution < -0.4 is 0 Å². The molecule has 0 amide bonds. The van der Waals surface area contributed by atoms with Gasteiger partial charge in [0.15, 0.2) is 0 Å². The van der Waals surface area contributed by atoms with Crippen LogP contribution >= 0.6 is 0 Å². The number of hydrogen-bond acceptors (Lipinski definition) is 4. The monoisotopic (exact) mass is 339 g/mol. The van der Waals surface area contributed by atoms with Crippen LogP contribution in [0.4, 0.5) is 0 Å². The minimum Gasteiger partial charge on any atom is -0.329 e. The van der Waals surface area contributed by atoms with E-state index in [4.69, 9.17) is 0 Å². The lowest BCUT2D eigenvalue weighted by Crippen LogP contribution is -2.32. The number of likely N-dealkylation sites (N-methyl/N-ethyl adjacent to an activating group) is 1. The van der Waals surface area contributed by atoms with Gasteiger partial charge in [0.25, 0.3) is 0 Å². The molecule has 2 aromatic heterocycles. The van der Waals surface area contributed by atoms with Gasteiger partial charge in [0.05, 0.1) is 5.56 Å². The molecule has 0 bridgehead atoms. The zero-order chi connectivity index (χ0) is 17.1. The van der Waals surface area contributed by atoms with Gasteiger partial charge in [-0.2, -0.15) is 0 Å². The van der Waals surface area contributed by atoms with Crippen molar-refractivity contribution < 1.29 is 0 Å². The largest absolute Gasteiger partial charge is 0.329 e. The van der Waals surface area contributed by atoms with Crippen LogP contribution in [0.2, 0.25) is 0 Å². The van der Waals surface area contributed by atoms with E-state index in [-0.39, 0.29) is 0 Å². The summed E-state index contributed by atoms with van der Waals surface area (Å²) in [7, 11) is 0. The maximum absolute atomic E-state index is 4.69. The van der Waals surface area contributed by atoms with Crippen LogP contribution in [0, 0.1) is 0 Å². The first kappa shape index (κ1) is 16.7. The lowest BCUT2D eigenvalue weighted by atomic mass is 9.89. The first-order chi connectivity index (χ1) is 12.3. The van der Waals surface area contributed by atoms with Crippen LogP contribution in [-0.2, 0) is 6.54 Å². The normalized spacial score (nSPS) is 22.5. The molecule has 0 spiro atoms. The van der Waals surface area contributed by atoms with Crippen LogP contribution in [0.15, 0.2) is 24.8 Å². The average Bonchev–Trinajstić information content (AvgIpc) is 3.32. The Kier molecular flexibility index (Phi) is 5.11. The molecule has 0 aromatic carbocycles. The molecule has 1 aliphatic heterocycles. The van der Waals surface area contributed by atoms with Crippen LogP contribution in [0.3, 0.4) is 0 Å². The summed E-state index contributed by atoms with van der Waals surface area (Å²) in [5.74, 6) is 2.58. The van der Waals surface area contributed by atoms with E-state index in [9.17, 15) is 0 Å². The number of nitrogens with zero attached hydrogens (tertiary/aromatic N) is 5. The second-order valence-corrected chi connectivity index (χ2v) is 7.49. The summed E-state index contributed by atoms with van der Waals surface area (Å²) in [6, 6.07) is 0.625. The minimum absolute atomic E-state index is 0.555. The van der Waals surface area contributed by atoms with Gasteiger partial charge in [-0.3, -0.25) is 4.90 Å². The highest BCUT2D eigenvalue weighted by atomic mass is 15.2. The predicted molar refractivity (Wildman–Crippen MR) is 99.3 cm³/mol. The highest BCUT2D eigenvalue weighted by molar-refractivity contribution is 5.52. The van der Waals surface area contributed by atoms with Crippen molar-refractivity contribution in [2.45, 2.75) is 70.4 Å². The Morgan fingerprint density at radius 3 is 2.56 bits per heavy atom. The van der Waals surface area contributed by atoms with Crippen LogP contribution in [0.5, 0.6) is 0 Å². The Balaban J connectivity index is 1.49. The molecule has 1 saturated heterocycles. The van der Waals surface area contributed by atoms with E-state index < -0.39 is 0 Å². The number of rotatable bonds is 5. The molecule has 2 aliphatic rings. The molecule has 1 saturated carbocycles. The third-order valence-electron chi connectivity index (χ3n) is 5.93. The summed E-state index contributed by atoms with van der Waals surface area (Å²) in [6.45, 7) is 5.62. The maximum Gasteiger partial charge on any atom is 0.143 e. The molecule has 4 rings (SSSR count). The van der Waals surface area contributed by atoms with E-state index in [0.29, 0.717) is 12.0 Å². The van der Waals surface area contributed by atoms with Crippen LogP contribution in [-0.4, -0.2) is 43.6 Å². The molecule has 1 aliphatic carbocycles. The SMILES string of the molecule is CCN1CCCC1Cn1ccnc1-c1cnc(C2CCCCC2)nc1. The van der Waals surface area contributed by atoms with Crippen molar-refractivity contribution in [1.29, 1.82) is 0 Å². The van der Waals surface area contributed by atoms with Gasteiger partial charge in [-0.25, -0.2) is 15.0 Å². The van der Waals surface area contributed by atoms with Crippen molar-refractivity contribution in [3.8, 4) is 11.4 Å². The van der Waals surface area contributed by atoms with E-state index in [2.05, 4.69) is 37.5 Å². The first-order valence-electron chi connectivity index (χ1n) is 9.92. The first-order valence-corrected chi connectivity index (χ1v) is 9.92. The topological polar surface area (TPSA) is 46.8 Å². The molecule has 0 radical (unpaired) electrons. The molecular weight excluding hydrogens is 310 g/mol. The Labute approximate surface area is 150 Å². The van der Waals surface area contributed by atoms with E-state index in [0.717, 1.165) is 30.3 Å². The summed E-state index contributed by atoms with van der Waals surface area (Å²) in [5.41, 5.74) is 1.03. The zero-order valence-electron chi connectivity index (χ0n) is 15.3. The van der Waals surface area contributed by atoms with Crippen LogP contribution in [0.25, 0.3) is 11.4 Å². The Morgan fingerprint density at radius 1 is 1.00 bits per heavy atom. The number of likely N-dealkylation sites (tertiary alicyclic amines) is 1. The van der Waals surface area contributed by atoms with Gasteiger partial charge in [-0.1, -0.05) is 26.2 Å². The quantitative estimate of drug-likeness (QED) is 0.829. The molecule has 0 N–H and O–H groups in total. The number of imidazole rings is 1. The summed E-state index contributed by atoms with van der Waals surface area (Å²) in [6.07, 6.45) is 17.0. The predicted octanol–water partition coefficient (Wildman–Crippen LogP) is 3.87. The fraction of sp³-hybridized carbons (Fsp3) is 0.650. The van der Waals surface area contributed by atoms with Crippen molar-refractivity contribution in [3.05, 3.63) is 30.6 Å². The van der Waals surface area contributed by atoms with Gasteiger partial charge in [0.2, 0.25) is 0 Å². The second kappa shape index (κ2) is 7.65. The highest BCUT2D eigenvalue weighted by Gasteiger charge is 2.24. The summed E-state index contributed by atoms with van der Waals surface area (Å²) < 4.78 is 2.28. The molecule has 1 unspecified atom stereocenters. The summed E-state index contributed by atoms with van der Waals surface area (Å²) >= 11 is 0. The van der Waals surface area contributed by atoms with E-state index in [1.165, 1.54) is 51.5 Å². The Hall–Kier alpha value is -1.75. The zero-order valence-corrected chi connectivity index (χ0v) is 15.3. The Bertz CT molecular complexity index is 672. The maximum atomic E-state index is 4.69. The van der Waals surface area contributed by atoms with Gasteiger partial charge < -0.3 is 4.57 Å². The average molecular weight is 339 g/mol. The highest BCUT2D eigenvalue weighted by Crippen LogP contribution is 2.31. The van der Waals surface area contributed by atoms with Gasteiger partial charge in [0, 0.05) is 43.3 Å². The van der Waals surface area contributed by atoms with Crippen molar-refractivity contribution >= 4 is 0 Å². The lowest BCUT2D eigenvalue weighted by Gasteiger charge is -2.24. The van der Waals surface area contributed by atoms with Gasteiger partial charge >= 0.3 is 0 Å². The molecule has 25 heavy (non-hydrogen) atoms. The van der Waals surface area contributed by atoms with Crippen molar-refractivity contribution in [1.82, 2.24) is 24.4 Å². The molecule has 134 valence electrons. The van der Waals surface area contributed by atoms with Gasteiger partial charge in [0.1, 0.15) is 11.6 Å². The standard InChI is InChI=1S/C20H29N5/c1-2-24-11-6-9-18(24)15-25-12-10-21-20(25)17-13-22-19(23-14-17)16-7-4-3-5-8-16/h10,12-14,16,18H,2-9,11,15H2,1H3. The molecule has 1 atom stereocenters. The van der Waals surface area contributed by atoms with Gasteiger partial charge in [-0.05, 0) is 38.8 Å². The molecule has 2 aromatic rings. The Morgan fingerprint density at radius 2 is 1.80 bits per heavy atom. The van der Waals surface area contributed by atoms with Gasteiger partial charge in [-0.15, -0.1) is 0 Å². The summed E-state index contributed by atoms with van der Waals surface area (Å²) in [4.78, 5) is 16.5. The van der Waals surface area contributed by atoms with E-state index >= 15 is 0 Å².